The SMILES string of the molecule is CC(C)Cc1cc(-c2[c-]cc3c(ccc4ccccc43)c2)ncc1[Si](C)(C)C.[Ir].[c-]1ccccc1-c1ccccn1. The Bertz CT molecular complexity index is 1690. The van der Waals surface area contributed by atoms with Gasteiger partial charge < -0.3 is 9.97 Å². The Kier molecular flexibility index (Phi) is 10.0. The van der Waals surface area contributed by atoms with E-state index < -0.39 is 8.07 Å². The van der Waals surface area contributed by atoms with Crippen LogP contribution in [0.4, 0.5) is 0 Å². The van der Waals surface area contributed by atoms with Gasteiger partial charge in [0.05, 0.1) is 8.07 Å². The molecule has 1 radical (unpaired) electrons. The fourth-order valence-electron chi connectivity index (χ4n) is 5.10. The monoisotopic (exact) mass is 729 g/mol. The van der Waals surface area contributed by atoms with Crippen LogP contribution in [0, 0.1) is 18.1 Å². The summed E-state index contributed by atoms with van der Waals surface area (Å²) in [6.07, 6.45) is 5.03. The molecule has 4 heteroatoms. The molecule has 209 valence electrons. The third kappa shape index (κ3) is 7.45. The second kappa shape index (κ2) is 13.5. The average Bonchev–Trinajstić information content (AvgIpc) is 2.97. The first-order chi connectivity index (χ1) is 19.3. The molecule has 6 rings (SSSR count). The molecule has 0 bridgehead atoms. The van der Waals surface area contributed by atoms with Crippen LogP contribution in [0.5, 0.6) is 0 Å². The number of hydrogen-bond acceptors (Lipinski definition) is 2. The maximum absolute atomic E-state index is 4.86. The van der Waals surface area contributed by atoms with E-state index >= 15 is 0 Å². The van der Waals surface area contributed by atoms with Crippen LogP contribution in [-0.4, -0.2) is 18.0 Å². The van der Waals surface area contributed by atoms with Crippen LogP contribution in [0.15, 0.2) is 109 Å². The zero-order chi connectivity index (χ0) is 28.1. The van der Waals surface area contributed by atoms with Crippen molar-refractivity contribution in [2.45, 2.75) is 39.9 Å². The number of rotatable bonds is 5. The Balaban J connectivity index is 0.000000249. The van der Waals surface area contributed by atoms with Crippen LogP contribution in [0.1, 0.15) is 19.4 Å². The Labute approximate surface area is 259 Å². The molecule has 0 aliphatic rings. The fraction of sp³-hybridized carbons (Fsp3) is 0.189. The number of pyridine rings is 2. The summed E-state index contributed by atoms with van der Waals surface area (Å²) in [6, 6.07) is 40.0. The zero-order valence-electron chi connectivity index (χ0n) is 24.4. The molecule has 0 aliphatic carbocycles. The predicted molar refractivity (Wildman–Crippen MR) is 174 cm³/mol. The number of fused-ring (bicyclic) bond motifs is 3. The van der Waals surface area contributed by atoms with Gasteiger partial charge >= 0.3 is 0 Å². The summed E-state index contributed by atoms with van der Waals surface area (Å²) >= 11 is 0. The van der Waals surface area contributed by atoms with Crippen molar-refractivity contribution in [1.29, 1.82) is 0 Å². The first-order valence-corrected chi connectivity index (χ1v) is 17.5. The number of benzene rings is 4. The maximum Gasteiger partial charge on any atom is 0.0798 e. The van der Waals surface area contributed by atoms with E-state index in [2.05, 4.69) is 111 Å². The quantitative estimate of drug-likeness (QED) is 0.101. The van der Waals surface area contributed by atoms with Gasteiger partial charge in [0, 0.05) is 32.5 Å². The van der Waals surface area contributed by atoms with Crippen LogP contribution < -0.4 is 5.19 Å². The van der Waals surface area contributed by atoms with Crippen molar-refractivity contribution in [3.05, 3.63) is 127 Å². The molecular weight excluding hydrogens is 693 g/mol. The van der Waals surface area contributed by atoms with Crippen molar-refractivity contribution in [1.82, 2.24) is 9.97 Å². The molecule has 0 aliphatic heterocycles. The standard InChI is InChI=1S/C26H28NSi.C11H8N.Ir/c1-18(2)14-22-16-25(27-17-26(22)28(3,4)5)21-12-13-24-20(15-21)11-10-19-8-6-7-9-23(19)24;1-2-6-10(7-3-1)11-8-4-5-9-12-11;/h6-11,13,15-18H,14H2,1-5H3;1-6,8-9H;/q2*-1;. The minimum atomic E-state index is -1.42. The van der Waals surface area contributed by atoms with Crippen molar-refractivity contribution >= 4 is 34.8 Å². The molecule has 6 aromatic rings. The third-order valence-electron chi connectivity index (χ3n) is 7.03. The number of nitrogens with zero attached hydrogens (tertiary/aromatic N) is 2. The maximum atomic E-state index is 4.86. The van der Waals surface area contributed by atoms with E-state index in [9.17, 15) is 0 Å². The Hall–Kier alpha value is -3.43. The van der Waals surface area contributed by atoms with E-state index in [0.717, 1.165) is 28.9 Å². The minimum Gasteiger partial charge on any atom is -0.305 e. The van der Waals surface area contributed by atoms with E-state index in [4.69, 9.17) is 4.98 Å². The van der Waals surface area contributed by atoms with Crippen LogP contribution in [0.25, 0.3) is 44.1 Å². The summed E-state index contributed by atoms with van der Waals surface area (Å²) in [5, 5.41) is 6.53. The molecule has 4 aromatic carbocycles. The van der Waals surface area contributed by atoms with Crippen LogP contribution in [0.2, 0.25) is 19.6 Å². The molecule has 41 heavy (non-hydrogen) atoms. The zero-order valence-corrected chi connectivity index (χ0v) is 27.8. The van der Waals surface area contributed by atoms with Gasteiger partial charge in [-0.05, 0) is 40.4 Å². The Morgan fingerprint density at radius 2 is 1.46 bits per heavy atom. The number of hydrogen-bond donors (Lipinski definition) is 0. The summed E-state index contributed by atoms with van der Waals surface area (Å²) in [4.78, 5) is 9.07. The molecule has 0 unspecified atom stereocenters. The molecule has 0 saturated carbocycles. The van der Waals surface area contributed by atoms with Gasteiger partial charge in [0.2, 0.25) is 0 Å². The second-order valence-corrected chi connectivity index (χ2v) is 16.7. The molecule has 0 atom stereocenters. The fourth-order valence-corrected chi connectivity index (χ4v) is 6.69. The molecule has 0 N–H and O–H groups in total. The Morgan fingerprint density at radius 1 is 0.707 bits per heavy atom. The van der Waals surface area contributed by atoms with Crippen molar-refractivity contribution in [2.75, 3.05) is 0 Å². The van der Waals surface area contributed by atoms with Crippen molar-refractivity contribution < 1.29 is 20.1 Å². The van der Waals surface area contributed by atoms with Crippen LogP contribution in [-0.2, 0) is 26.5 Å². The van der Waals surface area contributed by atoms with E-state index in [1.807, 2.05) is 42.5 Å². The summed E-state index contributed by atoms with van der Waals surface area (Å²) in [5.74, 6) is 0.636. The first-order valence-electron chi connectivity index (χ1n) is 14.0. The van der Waals surface area contributed by atoms with Crippen LogP contribution >= 0.6 is 0 Å². The minimum absolute atomic E-state index is 0. The first kappa shape index (κ1) is 30.5. The number of aromatic nitrogens is 2. The summed E-state index contributed by atoms with van der Waals surface area (Å²) < 4.78 is 0. The van der Waals surface area contributed by atoms with E-state index in [1.165, 1.54) is 32.3 Å². The third-order valence-corrected chi connectivity index (χ3v) is 9.09. The van der Waals surface area contributed by atoms with Gasteiger partial charge in [-0.1, -0.05) is 104 Å². The summed E-state index contributed by atoms with van der Waals surface area (Å²) in [5.41, 5.74) is 5.59. The largest absolute Gasteiger partial charge is 0.305 e. The molecule has 2 heterocycles. The summed E-state index contributed by atoms with van der Waals surface area (Å²) in [6.45, 7) is 11.8. The van der Waals surface area contributed by atoms with Crippen molar-refractivity contribution in [3.8, 4) is 22.5 Å². The van der Waals surface area contributed by atoms with Gasteiger partial charge in [-0.15, -0.1) is 65.0 Å². The average molecular weight is 729 g/mol. The Morgan fingerprint density at radius 3 is 2.17 bits per heavy atom. The van der Waals surface area contributed by atoms with Gasteiger partial charge in [-0.25, -0.2) is 0 Å². The van der Waals surface area contributed by atoms with E-state index in [1.54, 1.807) is 6.20 Å². The van der Waals surface area contributed by atoms with E-state index in [0.29, 0.717) is 5.92 Å². The normalized spacial score (nSPS) is 11.2. The topological polar surface area (TPSA) is 25.8 Å². The van der Waals surface area contributed by atoms with Crippen molar-refractivity contribution in [2.24, 2.45) is 5.92 Å². The molecule has 0 spiro atoms. The molecule has 0 amide bonds. The van der Waals surface area contributed by atoms with E-state index in [-0.39, 0.29) is 20.1 Å². The molecule has 2 nitrogen and oxygen atoms in total. The molecule has 0 fully saturated rings. The van der Waals surface area contributed by atoms with Gasteiger partial charge in [0.1, 0.15) is 0 Å². The van der Waals surface area contributed by atoms with Gasteiger partial charge in [-0.3, -0.25) is 0 Å². The molecular formula is C37H36IrN2Si-2. The smallest absolute Gasteiger partial charge is 0.0798 e. The molecule has 0 saturated heterocycles. The van der Waals surface area contributed by atoms with Gasteiger partial charge in [0.15, 0.2) is 0 Å². The van der Waals surface area contributed by atoms with Crippen molar-refractivity contribution in [3.63, 3.8) is 0 Å². The molecule has 2 aromatic heterocycles. The van der Waals surface area contributed by atoms with Crippen LogP contribution in [0.3, 0.4) is 0 Å². The predicted octanol–water partition coefficient (Wildman–Crippen LogP) is 9.15. The summed E-state index contributed by atoms with van der Waals surface area (Å²) in [7, 11) is -1.42. The van der Waals surface area contributed by atoms with Gasteiger partial charge in [-0.2, -0.15) is 0 Å². The second-order valence-electron chi connectivity index (χ2n) is 11.7. The van der Waals surface area contributed by atoms with Gasteiger partial charge in [0.25, 0.3) is 0 Å².